The SMILES string of the molecule is CC(CO)CC1COCN1C=O. The number of hydrogen-bond donors (Lipinski definition) is 1. The lowest BCUT2D eigenvalue weighted by atomic mass is 10.0. The second-order valence-corrected chi connectivity index (χ2v) is 3.30. The van der Waals surface area contributed by atoms with Crippen LogP contribution in [0.1, 0.15) is 13.3 Å². The smallest absolute Gasteiger partial charge is 0.211 e. The Morgan fingerprint density at radius 3 is 3.17 bits per heavy atom. The highest BCUT2D eigenvalue weighted by molar-refractivity contribution is 5.47. The van der Waals surface area contributed by atoms with Gasteiger partial charge >= 0.3 is 0 Å². The molecule has 0 aromatic heterocycles. The Bertz CT molecular complexity index is 151. The fourth-order valence-electron chi connectivity index (χ4n) is 1.35. The Kier molecular flexibility index (Phi) is 3.49. The van der Waals surface area contributed by atoms with Crippen LogP contribution in [0.25, 0.3) is 0 Å². The van der Waals surface area contributed by atoms with Crippen LogP contribution in [0.5, 0.6) is 0 Å². The number of carbonyl (C=O) groups is 1. The highest BCUT2D eigenvalue weighted by atomic mass is 16.5. The minimum atomic E-state index is 0.157. The molecule has 1 saturated heterocycles. The molecule has 1 aliphatic heterocycles. The highest BCUT2D eigenvalue weighted by Gasteiger charge is 2.24. The number of ether oxygens (including phenoxy) is 1. The first-order chi connectivity index (χ1) is 5.77. The van der Waals surface area contributed by atoms with Crippen LogP contribution in [-0.2, 0) is 9.53 Å². The number of aliphatic hydroxyl groups excluding tert-OH is 1. The van der Waals surface area contributed by atoms with Gasteiger partial charge in [-0.15, -0.1) is 0 Å². The van der Waals surface area contributed by atoms with E-state index in [2.05, 4.69) is 0 Å². The topological polar surface area (TPSA) is 49.8 Å². The molecule has 1 aliphatic rings. The maximum atomic E-state index is 10.5. The highest BCUT2D eigenvalue weighted by Crippen LogP contribution is 2.15. The van der Waals surface area contributed by atoms with E-state index in [1.807, 2.05) is 6.92 Å². The lowest BCUT2D eigenvalue weighted by molar-refractivity contribution is -0.120. The summed E-state index contributed by atoms with van der Waals surface area (Å²) in [5.41, 5.74) is 0. The molecule has 0 aromatic rings. The summed E-state index contributed by atoms with van der Waals surface area (Å²) in [6.45, 7) is 3.12. The predicted molar refractivity (Wildman–Crippen MR) is 43.4 cm³/mol. The van der Waals surface area contributed by atoms with Gasteiger partial charge in [0.2, 0.25) is 6.41 Å². The number of amides is 1. The van der Waals surface area contributed by atoms with Crippen LogP contribution in [0, 0.1) is 5.92 Å². The molecule has 2 atom stereocenters. The van der Waals surface area contributed by atoms with Crippen molar-refractivity contribution in [2.24, 2.45) is 5.92 Å². The fourth-order valence-corrected chi connectivity index (χ4v) is 1.35. The molecule has 0 radical (unpaired) electrons. The van der Waals surface area contributed by atoms with Crippen molar-refractivity contribution in [1.29, 1.82) is 0 Å². The first-order valence-electron chi connectivity index (χ1n) is 4.17. The van der Waals surface area contributed by atoms with Crippen LogP contribution in [0.15, 0.2) is 0 Å². The van der Waals surface area contributed by atoms with Crippen LogP contribution in [-0.4, -0.2) is 42.4 Å². The molecular formula is C8H15NO3. The second-order valence-electron chi connectivity index (χ2n) is 3.30. The van der Waals surface area contributed by atoms with Crippen LogP contribution >= 0.6 is 0 Å². The minimum absolute atomic E-state index is 0.157. The van der Waals surface area contributed by atoms with E-state index < -0.39 is 0 Å². The number of carbonyl (C=O) groups excluding carboxylic acids is 1. The molecule has 0 saturated carbocycles. The number of nitrogens with zero attached hydrogens (tertiary/aromatic N) is 1. The summed E-state index contributed by atoms with van der Waals surface area (Å²) in [5, 5.41) is 8.81. The summed E-state index contributed by atoms with van der Waals surface area (Å²) < 4.78 is 5.12. The first kappa shape index (κ1) is 9.48. The molecule has 0 spiro atoms. The van der Waals surface area contributed by atoms with Gasteiger partial charge < -0.3 is 14.7 Å². The van der Waals surface area contributed by atoms with Crippen molar-refractivity contribution in [1.82, 2.24) is 4.90 Å². The van der Waals surface area contributed by atoms with Crippen molar-refractivity contribution < 1.29 is 14.6 Å². The van der Waals surface area contributed by atoms with Gasteiger partial charge in [0, 0.05) is 6.61 Å². The summed E-state index contributed by atoms with van der Waals surface area (Å²) in [7, 11) is 0. The third-order valence-corrected chi connectivity index (χ3v) is 2.14. The molecule has 1 fully saturated rings. The Labute approximate surface area is 72.1 Å². The monoisotopic (exact) mass is 173 g/mol. The van der Waals surface area contributed by atoms with Gasteiger partial charge in [0.1, 0.15) is 6.73 Å². The number of rotatable bonds is 4. The van der Waals surface area contributed by atoms with Crippen molar-refractivity contribution in [3.05, 3.63) is 0 Å². The van der Waals surface area contributed by atoms with Crippen molar-refractivity contribution in [2.75, 3.05) is 19.9 Å². The molecule has 1 rings (SSSR count). The lowest BCUT2D eigenvalue weighted by Gasteiger charge is -2.19. The molecule has 12 heavy (non-hydrogen) atoms. The third-order valence-electron chi connectivity index (χ3n) is 2.14. The first-order valence-corrected chi connectivity index (χ1v) is 4.17. The van der Waals surface area contributed by atoms with Gasteiger partial charge in [-0.25, -0.2) is 0 Å². The molecule has 0 bridgehead atoms. The van der Waals surface area contributed by atoms with Gasteiger partial charge in [0.25, 0.3) is 0 Å². The molecule has 1 amide bonds. The van der Waals surface area contributed by atoms with Crippen molar-refractivity contribution >= 4 is 6.41 Å². The van der Waals surface area contributed by atoms with E-state index in [1.165, 1.54) is 0 Å². The molecule has 70 valence electrons. The molecular weight excluding hydrogens is 158 g/mol. The zero-order valence-corrected chi connectivity index (χ0v) is 7.27. The summed E-state index contributed by atoms with van der Waals surface area (Å²) >= 11 is 0. The van der Waals surface area contributed by atoms with E-state index in [-0.39, 0.29) is 18.6 Å². The maximum absolute atomic E-state index is 10.5. The van der Waals surface area contributed by atoms with E-state index in [1.54, 1.807) is 4.90 Å². The van der Waals surface area contributed by atoms with Gasteiger partial charge in [-0.3, -0.25) is 4.79 Å². The molecule has 2 unspecified atom stereocenters. The fraction of sp³-hybridized carbons (Fsp3) is 0.875. The summed E-state index contributed by atoms with van der Waals surface area (Å²) in [6, 6.07) is 0.157. The minimum Gasteiger partial charge on any atom is -0.396 e. The normalized spacial score (nSPS) is 25.8. The van der Waals surface area contributed by atoms with Crippen molar-refractivity contribution in [3.8, 4) is 0 Å². The van der Waals surface area contributed by atoms with Crippen LogP contribution < -0.4 is 0 Å². The number of hydrogen-bond acceptors (Lipinski definition) is 3. The molecule has 4 nitrogen and oxygen atoms in total. The molecule has 0 aromatic carbocycles. The van der Waals surface area contributed by atoms with E-state index in [0.717, 1.165) is 12.8 Å². The maximum Gasteiger partial charge on any atom is 0.211 e. The standard InChI is InChI=1S/C8H15NO3/c1-7(3-10)2-8-4-12-6-9(8)5-11/h5,7-8,10H,2-4,6H2,1H3. The zero-order valence-electron chi connectivity index (χ0n) is 7.27. The summed E-state index contributed by atoms with van der Waals surface area (Å²) in [5.74, 6) is 0.235. The van der Waals surface area contributed by atoms with Crippen LogP contribution in [0.2, 0.25) is 0 Å². The van der Waals surface area contributed by atoms with E-state index >= 15 is 0 Å². The number of aliphatic hydroxyl groups is 1. The van der Waals surface area contributed by atoms with Crippen molar-refractivity contribution in [2.45, 2.75) is 19.4 Å². The Hall–Kier alpha value is -0.610. The lowest BCUT2D eigenvalue weighted by Crippen LogP contribution is -2.31. The van der Waals surface area contributed by atoms with E-state index in [9.17, 15) is 4.79 Å². The average Bonchev–Trinajstić information content (AvgIpc) is 2.51. The van der Waals surface area contributed by atoms with Gasteiger partial charge in [-0.05, 0) is 12.3 Å². The third kappa shape index (κ3) is 2.19. The van der Waals surface area contributed by atoms with Gasteiger partial charge in [0.15, 0.2) is 0 Å². The van der Waals surface area contributed by atoms with E-state index in [4.69, 9.17) is 9.84 Å². The van der Waals surface area contributed by atoms with Gasteiger partial charge in [0.05, 0.1) is 12.6 Å². The Morgan fingerprint density at radius 1 is 1.83 bits per heavy atom. The summed E-state index contributed by atoms with van der Waals surface area (Å²) in [6.07, 6.45) is 1.62. The Morgan fingerprint density at radius 2 is 2.58 bits per heavy atom. The second kappa shape index (κ2) is 4.42. The predicted octanol–water partition coefficient (Wildman–Crippen LogP) is -0.180. The van der Waals surface area contributed by atoms with E-state index in [0.29, 0.717) is 13.3 Å². The van der Waals surface area contributed by atoms with Crippen LogP contribution in [0.3, 0.4) is 0 Å². The largest absolute Gasteiger partial charge is 0.396 e. The Balaban J connectivity index is 2.35. The molecule has 0 aliphatic carbocycles. The molecule has 1 N–H and O–H groups in total. The van der Waals surface area contributed by atoms with Crippen LogP contribution in [0.4, 0.5) is 0 Å². The molecule has 4 heteroatoms. The average molecular weight is 173 g/mol. The summed E-state index contributed by atoms with van der Waals surface area (Å²) in [4.78, 5) is 12.1. The quantitative estimate of drug-likeness (QED) is 0.600. The van der Waals surface area contributed by atoms with Gasteiger partial charge in [-0.1, -0.05) is 6.92 Å². The van der Waals surface area contributed by atoms with Crippen molar-refractivity contribution in [3.63, 3.8) is 0 Å². The zero-order chi connectivity index (χ0) is 8.97. The molecule has 1 heterocycles. The van der Waals surface area contributed by atoms with Gasteiger partial charge in [-0.2, -0.15) is 0 Å².